The fourth-order valence-corrected chi connectivity index (χ4v) is 5.78. The minimum Gasteiger partial charge on any atom is -0.331 e. The third-order valence-corrected chi connectivity index (χ3v) is 8.20. The quantitative estimate of drug-likeness (QED) is 0.330. The third kappa shape index (κ3) is 4.23. The lowest BCUT2D eigenvalue weighted by molar-refractivity contribution is 0.0574. The molecule has 4 aromatic rings. The summed E-state index contributed by atoms with van der Waals surface area (Å²) in [4.78, 5) is 38.6. The van der Waals surface area contributed by atoms with Crippen molar-refractivity contribution in [2.24, 2.45) is 0 Å². The lowest BCUT2D eigenvalue weighted by atomic mass is 9.96. The number of halogens is 1. The number of hydrogen-bond donors (Lipinski definition) is 0. The van der Waals surface area contributed by atoms with Gasteiger partial charge in [-0.3, -0.25) is 14.3 Å². The molecule has 3 atom stereocenters. The molecular weight excluding hydrogens is 528 g/mol. The largest absolute Gasteiger partial charge is 0.331 e. The van der Waals surface area contributed by atoms with Gasteiger partial charge in [-0.1, -0.05) is 35.9 Å². The van der Waals surface area contributed by atoms with Gasteiger partial charge in [-0.25, -0.2) is 14.5 Å². The Balaban J connectivity index is 1.29. The van der Waals surface area contributed by atoms with E-state index in [1.54, 1.807) is 28.0 Å². The summed E-state index contributed by atoms with van der Waals surface area (Å²) in [6, 6.07) is 12.4. The summed E-state index contributed by atoms with van der Waals surface area (Å²) in [5.41, 5.74) is 4.73. The molecule has 0 radical (unpaired) electrons. The van der Waals surface area contributed by atoms with Crippen molar-refractivity contribution in [1.29, 1.82) is 0 Å². The van der Waals surface area contributed by atoms with Gasteiger partial charge in [0.2, 0.25) is 5.69 Å². The Hall–Kier alpha value is -4.49. The van der Waals surface area contributed by atoms with Gasteiger partial charge in [-0.15, -0.1) is 0 Å². The Morgan fingerprint density at radius 3 is 2.62 bits per heavy atom. The number of carbonyl (C=O) groups is 2. The summed E-state index contributed by atoms with van der Waals surface area (Å²) >= 11 is 6.09. The third-order valence-electron chi connectivity index (χ3n) is 7.88. The molecule has 2 amide bonds. The highest BCUT2D eigenvalue weighted by molar-refractivity contribution is 6.33. The molecule has 40 heavy (non-hydrogen) atoms. The Morgan fingerprint density at radius 1 is 1.15 bits per heavy atom. The van der Waals surface area contributed by atoms with Gasteiger partial charge in [0, 0.05) is 35.2 Å². The normalized spacial score (nSPS) is 19.1. The summed E-state index contributed by atoms with van der Waals surface area (Å²) < 4.78 is 3.53. The summed E-state index contributed by atoms with van der Waals surface area (Å²) in [5, 5.41) is 9.33. The fraction of sp³-hybridized carbons (Fsp3) is 0.310. The molecule has 0 saturated carbocycles. The molecule has 0 aliphatic carbocycles. The van der Waals surface area contributed by atoms with E-state index in [2.05, 4.69) is 21.9 Å². The van der Waals surface area contributed by atoms with Gasteiger partial charge >= 0.3 is 0 Å². The number of carbonyl (C=O) groups excluding carboxylic acids is 2. The molecule has 2 aromatic heterocycles. The van der Waals surface area contributed by atoms with Crippen molar-refractivity contribution in [1.82, 2.24) is 34.3 Å². The molecule has 2 aromatic carbocycles. The molecule has 4 heterocycles. The second-order valence-electron chi connectivity index (χ2n) is 10.4. The highest BCUT2D eigenvalue weighted by Gasteiger charge is 2.40. The van der Waals surface area contributed by atoms with Crippen molar-refractivity contribution in [3.8, 4) is 5.69 Å². The van der Waals surface area contributed by atoms with Crippen LogP contribution in [0.1, 0.15) is 70.5 Å². The van der Waals surface area contributed by atoms with E-state index in [0.29, 0.717) is 29.2 Å². The standard InChI is InChI=1S/C29H27ClN8O2/c1-17-11-25-23(14-35(17)28(39)21-7-10-24(30)26(12-21)31-4)27-29(40)36(13-18(2)38(27)34-25)19(3)20-5-8-22(9-6-20)37-16-32-15-33-37/h5-10,12,15-19H,11,13-14H2,1-3H3/t17-,18-,19-/m1/s1. The zero-order valence-electron chi connectivity index (χ0n) is 22.3. The number of hydrogen-bond acceptors (Lipinski definition) is 5. The number of amides is 2. The van der Waals surface area contributed by atoms with Crippen LogP contribution in [0.4, 0.5) is 5.69 Å². The van der Waals surface area contributed by atoms with E-state index < -0.39 is 0 Å². The van der Waals surface area contributed by atoms with Crippen molar-refractivity contribution in [2.75, 3.05) is 6.54 Å². The van der Waals surface area contributed by atoms with Crippen LogP contribution in [0.5, 0.6) is 0 Å². The Morgan fingerprint density at radius 2 is 1.93 bits per heavy atom. The number of fused-ring (bicyclic) bond motifs is 3. The maximum Gasteiger partial charge on any atom is 0.273 e. The first-order chi connectivity index (χ1) is 19.3. The number of aromatic nitrogens is 5. The first kappa shape index (κ1) is 25.8. The predicted octanol–water partition coefficient (Wildman–Crippen LogP) is 5.03. The molecule has 11 heteroatoms. The summed E-state index contributed by atoms with van der Waals surface area (Å²) in [7, 11) is 0. The maximum atomic E-state index is 14.0. The summed E-state index contributed by atoms with van der Waals surface area (Å²) in [6.07, 6.45) is 3.68. The molecule has 0 unspecified atom stereocenters. The lowest BCUT2D eigenvalue weighted by Crippen LogP contribution is -2.45. The van der Waals surface area contributed by atoms with E-state index in [9.17, 15) is 9.59 Å². The van der Waals surface area contributed by atoms with E-state index in [-0.39, 0.29) is 42.2 Å². The topological polar surface area (TPSA) is 93.5 Å². The second-order valence-corrected chi connectivity index (χ2v) is 10.8. The van der Waals surface area contributed by atoms with Gasteiger partial charge < -0.3 is 9.80 Å². The highest BCUT2D eigenvalue weighted by atomic mass is 35.5. The van der Waals surface area contributed by atoms with Crippen molar-refractivity contribution < 1.29 is 9.59 Å². The number of nitrogens with zero attached hydrogens (tertiary/aromatic N) is 8. The predicted molar refractivity (Wildman–Crippen MR) is 149 cm³/mol. The molecule has 0 fully saturated rings. The first-order valence-corrected chi connectivity index (χ1v) is 13.5. The molecule has 2 aliphatic rings. The molecular formula is C29H27ClN8O2. The van der Waals surface area contributed by atoms with Crippen molar-refractivity contribution in [2.45, 2.75) is 51.9 Å². The number of benzene rings is 2. The smallest absolute Gasteiger partial charge is 0.273 e. The zero-order chi connectivity index (χ0) is 28.1. The summed E-state index contributed by atoms with van der Waals surface area (Å²) in [6.45, 7) is 14.2. The van der Waals surface area contributed by atoms with Crippen molar-refractivity contribution >= 4 is 29.1 Å². The van der Waals surface area contributed by atoms with Crippen LogP contribution in [-0.2, 0) is 13.0 Å². The van der Waals surface area contributed by atoms with E-state index in [4.69, 9.17) is 23.3 Å². The molecule has 0 bridgehead atoms. The monoisotopic (exact) mass is 554 g/mol. The molecule has 202 valence electrons. The first-order valence-electron chi connectivity index (χ1n) is 13.1. The minimum absolute atomic E-state index is 0.0212. The van der Waals surface area contributed by atoms with Gasteiger partial charge in [-0.05, 0) is 44.5 Å². The van der Waals surface area contributed by atoms with Gasteiger partial charge in [0.15, 0.2) is 0 Å². The summed E-state index contributed by atoms with van der Waals surface area (Å²) in [5.74, 6) is -0.294. The van der Waals surface area contributed by atoms with Gasteiger partial charge in [0.05, 0.1) is 36.6 Å². The Kier molecular flexibility index (Phi) is 6.39. The Bertz CT molecular complexity index is 1650. The van der Waals surface area contributed by atoms with E-state index in [1.165, 1.54) is 12.4 Å². The van der Waals surface area contributed by atoms with Crippen LogP contribution in [-0.4, -0.2) is 58.7 Å². The molecule has 0 spiro atoms. The van der Waals surface area contributed by atoms with E-state index in [1.807, 2.05) is 47.7 Å². The van der Waals surface area contributed by atoms with Crippen LogP contribution in [0, 0.1) is 6.57 Å². The van der Waals surface area contributed by atoms with Gasteiger partial charge in [0.1, 0.15) is 18.3 Å². The van der Waals surface area contributed by atoms with Crippen LogP contribution < -0.4 is 0 Å². The van der Waals surface area contributed by atoms with Crippen molar-refractivity contribution in [3.05, 3.63) is 99.6 Å². The van der Waals surface area contributed by atoms with E-state index in [0.717, 1.165) is 22.5 Å². The lowest BCUT2D eigenvalue weighted by Gasteiger charge is -2.37. The van der Waals surface area contributed by atoms with Crippen LogP contribution in [0.25, 0.3) is 10.5 Å². The molecule has 6 rings (SSSR count). The van der Waals surface area contributed by atoms with Crippen LogP contribution in [0.15, 0.2) is 55.1 Å². The minimum atomic E-state index is -0.200. The zero-order valence-corrected chi connectivity index (χ0v) is 23.1. The molecule has 0 saturated heterocycles. The van der Waals surface area contributed by atoms with Crippen LogP contribution in [0.2, 0.25) is 5.02 Å². The Labute approximate surface area is 236 Å². The number of rotatable bonds is 4. The van der Waals surface area contributed by atoms with Gasteiger partial charge in [0.25, 0.3) is 11.8 Å². The molecule has 2 aliphatic heterocycles. The van der Waals surface area contributed by atoms with Crippen LogP contribution in [0.3, 0.4) is 0 Å². The highest BCUT2D eigenvalue weighted by Crippen LogP contribution is 2.36. The van der Waals surface area contributed by atoms with Crippen LogP contribution >= 0.6 is 11.6 Å². The molecule has 0 N–H and O–H groups in total. The van der Waals surface area contributed by atoms with E-state index >= 15 is 0 Å². The van der Waals surface area contributed by atoms with Crippen molar-refractivity contribution in [3.63, 3.8) is 0 Å². The SMILES string of the molecule is [C-]#[N+]c1cc(C(=O)N2Cc3c(nn4c3C(=O)N([C@H](C)c3ccc(-n5cncn5)cc3)C[C@H]4C)C[C@H]2C)ccc1Cl. The maximum absolute atomic E-state index is 14.0. The fourth-order valence-electron chi connectivity index (χ4n) is 5.62. The average Bonchev–Trinajstić information content (AvgIpc) is 3.63. The van der Waals surface area contributed by atoms with Gasteiger partial charge in [-0.2, -0.15) is 10.2 Å². The average molecular weight is 555 g/mol. The molecule has 10 nitrogen and oxygen atoms in total. The second kappa shape index (κ2) is 9.92.